The summed E-state index contributed by atoms with van der Waals surface area (Å²) >= 11 is 0. The molecular weight excluding hydrogens is 843 g/mol. The number of allylic oxidation sites excluding steroid dienone is 4. The highest BCUT2D eigenvalue weighted by Gasteiger charge is 2.54. The van der Waals surface area contributed by atoms with Crippen molar-refractivity contribution in [1.29, 1.82) is 0 Å². The SMILES string of the molecule is CC1(C)CC(=O)C2=C(C1)Nc1nn(CC3(C)CC(=O)C4=C(C3)Nc3n[nH]c(C(F)(F)F)c3C4c3ccccc3C(F)(F)F)c(C(F)(F)F)c1C2c1cccc(F)c1C(F)(F)F. The molecule has 0 radical (unpaired) electrons. The van der Waals surface area contributed by atoms with E-state index < -0.39 is 152 Å². The molecule has 4 aliphatic rings. The number of nitrogens with zero attached hydrogens (tertiary/aromatic N) is 3. The molecule has 0 saturated carbocycles. The summed E-state index contributed by atoms with van der Waals surface area (Å²) in [5, 5.41) is 14.9. The molecule has 4 heterocycles. The van der Waals surface area contributed by atoms with Crippen LogP contribution in [0, 0.1) is 16.6 Å². The maximum Gasteiger partial charge on any atom is 0.433 e. The minimum absolute atomic E-state index is 0.0203. The van der Waals surface area contributed by atoms with Gasteiger partial charge in [-0.05, 0) is 46.9 Å². The first kappa shape index (κ1) is 42.1. The number of hydrogen-bond donors (Lipinski definition) is 3. The van der Waals surface area contributed by atoms with Crippen LogP contribution in [0.5, 0.6) is 0 Å². The molecule has 21 heteroatoms. The highest BCUT2D eigenvalue weighted by Crippen LogP contribution is 2.57. The largest absolute Gasteiger partial charge is 0.433 e. The van der Waals surface area contributed by atoms with Gasteiger partial charge in [0.2, 0.25) is 0 Å². The zero-order valence-corrected chi connectivity index (χ0v) is 31.8. The number of aromatic amines is 1. The van der Waals surface area contributed by atoms with E-state index in [-0.39, 0.29) is 24.2 Å². The van der Waals surface area contributed by atoms with Crippen LogP contribution < -0.4 is 10.6 Å². The van der Waals surface area contributed by atoms with Crippen molar-refractivity contribution >= 4 is 23.2 Å². The number of rotatable bonds is 4. The quantitative estimate of drug-likeness (QED) is 0.176. The first-order chi connectivity index (χ1) is 28.1. The summed E-state index contributed by atoms with van der Waals surface area (Å²) in [6, 6.07) is 5.82. The zero-order valence-electron chi connectivity index (χ0n) is 31.8. The smallest absolute Gasteiger partial charge is 0.342 e. The lowest BCUT2D eigenvalue weighted by molar-refractivity contribution is -0.146. The van der Waals surface area contributed by atoms with Gasteiger partial charge in [-0.2, -0.15) is 62.9 Å². The molecule has 0 bridgehead atoms. The van der Waals surface area contributed by atoms with E-state index in [1.165, 1.54) is 6.92 Å². The van der Waals surface area contributed by atoms with Crippen LogP contribution in [0.3, 0.4) is 0 Å². The fourth-order valence-electron chi connectivity index (χ4n) is 9.42. The van der Waals surface area contributed by atoms with Crippen LogP contribution in [0.4, 0.5) is 68.7 Å². The molecule has 2 aromatic carbocycles. The zero-order chi connectivity index (χ0) is 44.6. The molecule has 0 fully saturated rings. The van der Waals surface area contributed by atoms with Gasteiger partial charge in [-0.3, -0.25) is 19.4 Å². The minimum Gasteiger partial charge on any atom is -0.342 e. The summed E-state index contributed by atoms with van der Waals surface area (Å²) < 4.78 is 192. The molecule has 8 nitrogen and oxygen atoms in total. The van der Waals surface area contributed by atoms with Crippen molar-refractivity contribution < 1.29 is 66.7 Å². The van der Waals surface area contributed by atoms with Gasteiger partial charge in [-0.25, -0.2) is 4.39 Å². The maximum absolute atomic E-state index is 15.5. The van der Waals surface area contributed by atoms with E-state index in [9.17, 15) is 49.1 Å². The molecule has 2 aliphatic heterocycles. The third kappa shape index (κ3) is 7.06. The molecule has 324 valence electrons. The van der Waals surface area contributed by atoms with Crippen LogP contribution in [-0.4, -0.2) is 31.5 Å². The first-order valence-electron chi connectivity index (χ1n) is 18.5. The number of alkyl halides is 12. The number of nitrogens with one attached hydrogen (secondary N) is 3. The van der Waals surface area contributed by atoms with E-state index in [0.717, 1.165) is 30.3 Å². The topological polar surface area (TPSA) is 105 Å². The summed E-state index contributed by atoms with van der Waals surface area (Å²) in [6.07, 6.45) is -22.6. The van der Waals surface area contributed by atoms with Crippen molar-refractivity contribution in [2.24, 2.45) is 10.8 Å². The Morgan fingerprint density at radius 1 is 0.672 bits per heavy atom. The summed E-state index contributed by atoms with van der Waals surface area (Å²) in [5.74, 6) is -8.89. The molecule has 3 unspecified atom stereocenters. The third-order valence-electron chi connectivity index (χ3n) is 11.5. The Morgan fingerprint density at radius 3 is 1.89 bits per heavy atom. The number of carbonyl (C=O) groups excluding carboxylic acids is 2. The van der Waals surface area contributed by atoms with Gasteiger partial charge < -0.3 is 10.6 Å². The predicted octanol–water partition coefficient (Wildman–Crippen LogP) is 10.9. The van der Waals surface area contributed by atoms with Gasteiger partial charge >= 0.3 is 24.7 Å². The molecular formula is C40H31F13N6O2. The van der Waals surface area contributed by atoms with E-state index in [4.69, 9.17) is 0 Å². The van der Waals surface area contributed by atoms with Gasteiger partial charge in [0.1, 0.15) is 17.2 Å². The molecule has 3 atom stereocenters. The van der Waals surface area contributed by atoms with E-state index in [0.29, 0.717) is 16.8 Å². The van der Waals surface area contributed by atoms with E-state index >= 15 is 17.6 Å². The molecule has 0 saturated heterocycles. The number of H-pyrrole nitrogens is 1. The fourth-order valence-corrected chi connectivity index (χ4v) is 9.42. The van der Waals surface area contributed by atoms with Crippen LogP contribution in [-0.2, 0) is 40.8 Å². The van der Waals surface area contributed by atoms with Gasteiger partial charge in [0.15, 0.2) is 23.2 Å². The minimum atomic E-state index is -5.43. The van der Waals surface area contributed by atoms with Crippen LogP contribution in [0.2, 0.25) is 0 Å². The number of carbonyl (C=O) groups is 2. The second kappa shape index (κ2) is 13.4. The van der Waals surface area contributed by atoms with Crippen LogP contribution in [0.1, 0.15) is 103 Å². The third-order valence-corrected chi connectivity index (χ3v) is 11.5. The summed E-state index contributed by atoms with van der Waals surface area (Å²) in [6.45, 7) is 3.81. The second-order valence-corrected chi connectivity index (χ2v) is 16.8. The summed E-state index contributed by atoms with van der Waals surface area (Å²) in [7, 11) is 0. The Labute approximate surface area is 336 Å². The van der Waals surface area contributed by atoms with Crippen LogP contribution in [0.15, 0.2) is 65.0 Å². The Hall–Kier alpha value is -5.63. The highest BCUT2D eigenvalue weighted by atomic mass is 19.4. The number of halogens is 13. The number of hydrogen-bond acceptors (Lipinski definition) is 6. The predicted molar refractivity (Wildman–Crippen MR) is 189 cm³/mol. The average molecular weight is 875 g/mol. The molecule has 4 aromatic rings. The van der Waals surface area contributed by atoms with Gasteiger partial charge in [0.05, 0.1) is 11.1 Å². The van der Waals surface area contributed by atoms with Gasteiger partial charge in [-0.1, -0.05) is 51.1 Å². The summed E-state index contributed by atoms with van der Waals surface area (Å²) in [5.41, 5.74) is -13.5. The van der Waals surface area contributed by atoms with Gasteiger partial charge in [0, 0.05) is 64.9 Å². The number of aromatic nitrogens is 4. The normalized spacial score (nSPS) is 23.0. The molecule has 3 N–H and O–H groups in total. The van der Waals surface area contributed by atoms with Crippen molar-refractivity contribution in [3.8, 4) is 0 Å². The number of fused-ring (bicyclic) bond motifs is 2. The second-order valence-electron chi connectivity index (χ2n) is 16.8. The Balaban J connectivity index is 1.28. The van der Waals surface area contributed by atoms with Crippen LogP contribution in [0.25, 0.3) is 0 Å². The maximum atomic E-state index is 15.5. The molecule has 0 spiro atoms. The van der Waals surface area contributed by atoms with Crippen molar-refractivity contribution in [3.05, 3.63) is 116 Å². The van der Waals surface area contributed by atoms with E-state index in [1.807, 2.05) is 0 Å². The van der Waals surface area contributed by atoms with Crippen molar-refractivity contribution in [2.75, 3.05) is 10.6 Å². The molecule has 61 heavy (non-hydrogen) atoms. The van der Waals surface area contributed by atoms with Gasteiger partial charge in [-0.15, -0.1) is 0 Å². The monoisotopic (exact) mass is 874 g/mol. The summed E-state index contributed by atoms with van der Waals surface area (Å²) in [4.78, 5) is 28.1. The van der Waals surface area contributed by atoms with Crippen molar-refractivity contribution in [1.82, 2.24) is 20.0 Å². The van der Waals surface area contributed by atoms with E-state index in [2.05, 4.69) is 20.8 Å². The first-order valence-corrected chi connectivity index (χ1v) is 18.5. The van der Waals surface area contributed by atoms with Crippen LogP contribution >= 0.6 is 0 Å². The molecule has 2 aliphatic carbocycles. The molecule has 2 aromatic heterocycles. The lowest BCUT2D eigenvalue weighted by Gasteiger charge is -2.40. The lowest BCUT2D eigenvalue weighted by atomic mass is 9.67. The number of benzene rings is 2. The highest BCUT2D eigenvalue weighted by molar-refractivity contribution is 6.02. The average Bonchev–Trinajstić information content (AvgIpc) is 3.69. The van der Waals surface area contributed by atoms with Crippen molar-refractivity contribution in [3.63, 3.8) is 0 Å². The van der Waals surface area contributed by atoms with E-state index in [1.54, 1.807) is 18.9 Å². The Morgan fingerprint density at radius 2 is 1.26 bits per heavy atom. The standard InChI is InChI=1S/C40H31F13N6O2/c1-35(2)11-20-26(22(60)13-35)25(17-8-6-10-19(41)30(17)38(45,46)47)29-32(40(51,52)53)59(58-34(29)55-20)15-36(3)12-21-27(23(61)14-36)24(16-7-4-5-9-18(16)37(42,43)44)28-31(39(48,49)50)56-57-33(28)54-21/h4-10,24-25H,11-15H2,1-3H3,(H,55,58)(H2,54,56,57). The molecule has 8 rings (SSSR count). The Bertz CT molecular complexity index is 2590. The Kier molecular flexibility index (Phi) is 9.27. The van der Waals surface area contributed by atoms with Crippen molar-refractivity contribution in [2.45, 2.75) is 89.5 Å². The van der Waals surface area contributed by atoms with Gasteiger partial charge in [0.25, 0.3) is 0 Å². The number of Topliss-reactive ketones (excluding diaryl/α,β-unsaturated/α-hetero) is 2. The number of anilines is 2. The number of ketones is 2. The molecule has 0 amide bonds. The fraction of sp³-hybridized carbons (Fsp3) is 0.400. The lowest BCUT2D eigenvalue weighted by Crippen LogP contribution is -2.39.